The molecule has 0 aliphatic carbocycles. The van der Waals surface area contributed by atoms with Crippen molar-refractivity contribution in [3.8, 4) is 0 Å². The molecule has 27 heavy (non-hydrogen) atoms. The molecule has 1 aromatic carbocycles. The zero-order chi connectivity index (χ0) is 19.1. The lowest BCUT2D eigenvalue weighted by atomic mass is 10.2. The van der Waals surface area contributed by atoms with Crippen LogP contribution < -0.4 is 10.6 Å². The number of sulfonamides is 1. The molecule has 8 heteroatoms. The van der Waals surface area contributed by atoms with Crippen molar-refractivity contribution in [1.82, 2.24) is 14.9 Å². The number of thiophene rings is 1. The molecule has 1 aliphatic heterocycles. The predicted molar refractivity (Wildman–Crippen MR) is 110 cm³/mol. The molecule has 0 spiro atoms. The van der Waals surface area contributed by atoms with Gasteiger partial charge in [0.2, 0.25) is 10.0 Å². The summed E-state index contributed by atoms with van der Waals surface area (Å²) in [5.74, 6) is 0.750. The number of aliphatic imine (C=N–C) groups is 1. The van der Waals surface area contributed by atoms with Gasteiger partial charge in [0, 0.05) is 24.5 Å². The largest absolute Gasteiger partial charge is 0.357 e. The van der Waals surface area contributed by atoms with E-state index in [4.69, 9.17) is 0 Å². The van der Waals surface area contributed by atoms with E-state index in [9.17, 15) is 8.42 Å². The maximum Gasteiger partial charge on any atom is 0.243 e. The van der Waals surface area contributed by atoms with Crippen molar-refractivity contribution in [2.75, 3.05) is 19.6 Å². The van der Waals surface area contributed by atoms with Gasteiger partial charge in [-0.2, -0.15) is 4.31 Å². The summed E-state index contributed by atoms with van der Waals surface area (Å²) in [6.07, 6.45) is 1.88. The van der Waals surface area contributed by atoms with Gasteiger partial charge in [-0.05, 0) is 48.9 Å². The van der Waals surface area contributed by atoms with Crippen LogP contribution in [0.4, 0.5) is 0 Å². The monoisotopic (exact) mass is 406 g/mol. The van der Waals surface area contributed by atoms with Crippen LogP contribution in [0.3, 0.4) is 0 Å². The Balaban J connectivity index is 1.62. The van der Waals surface area contributed by atoms with E-state index in [-0.39, 0.29) is 0 Å². The Morgan fingerprint density at radius 2 is 1.89 bits per heavy atom. The average Bonchev–Trinajstić information content (AvgIpc) is 3.38. The van der Waals surface area contributed by atoms with Gasteiger partial charge in [0.05, 0.1) is 18.0 Å². The predicted octanol–water partition coefficient (Wildman–Crippen LogP) is 2.79. The number of hydrogen-bond acceptors (Lipinski definition) is 4. The van der Waals surface area contributed by atoms with E-state index < -0.39 is 10.0 Å². The van der Waals surface area contributed by atoms with Crippen molar-refractivity contribution in [2.24, 2.45) is 4.99 Å². The minimum Gasteiger partial charge on any atom is -0.357 e. The highest BCUT2D eigenvalue weighted by Gasteiger charge is 2.26. The van der Waals surface area contributed by atoms with Crippen molar-refractivity contribution < 1.29 is 8.42 Å². The van der Waals surface area contributed by atoms with Gasteiger partial charge >= 0.3 is 0 Å². The van der Waals surface area contributed by atoms with Crippen LogP contribution in [0, 0.1) is 0 Å². The second kappa shape index (κ2) is 9.34. The SMILES string of the molecule is CCNC(=NCc1ccc(S(=O)(=O)N2CCCC2)cc1)NCc1cccs1. The molecule has 1 fully saturated rings. The lowest BCUT2D eigenvalue weighted by Gasteiger charge is -2.15. The Bertz CT molecular complexity index is 840. The van der Waals surface area contributed by atoms with Crippen LogP contribution in [0.5, 0.6) is 0 Å². The molecule has 146 valence electrons. The Morgan fingerprint density at radius 1 is 1.15 bits per heavy atom. The van der Waals surface area contributed by atoms with Crippen LogP contribution in [0.25, 0.3) is 0 Å². The number of hydrogen-bond donors (Lipinski definition) is 2. The first kappa shape index (κ1) is 19.9. The number of benzene rings is 1. The van der Waals surface area contributed by atoms with E-state index in [1.165, 1.54) is 4.88 Å². The zero-order valence-corrected chi connectivity index (χ0v) is 17.2. The van der Waals surface area contributed by atoms with Crippen molar-refractivity contribution in [2.45, 2.75) is 37.8 Å². The van der Waals surface area contributed by atoms with Crippen LogP contribution in [-0.4, -0.2) is 38.3 Å². The summed E-state index contributed by atoms with van der Waals surface area (Å²) in [5, 5.41) is 8.60. The Kier molecular flexibility index (Phi) is 6.87. The Labute approximate surface area is 165 Å². The molecule has 0 atom stereocenters. The minimum absolute atomic E-state index is 0.361. The molecule has 2 heterocycles. The number of guanidine groups is 1. The minimum atomic E-state index is -3.36. The second-order valence-corrected chi connectivity index (χ2v) is 9.35. The van der Waals surface area contributed by atoms with E-state index in [1.807, 2.05) is 25.1 Å². The summed E-state index contributed by atoms with van der Waals surface area (Å²) in [4.78, 5) is 6.20. The Hall–Kier alpha value is -1.90. The highest BCUT2D eigenvalue weighted by molar-refractivity contribution is 7.89. The highest BCUT2D eigenvalue weighted by atomic mass is 32.2. The molecule has 0 amide bonds. The van der Waals surface area contributed by atoms with Crippen LogP contribution >= 0.6 is 11.3 Å². The number of nitrogens with zero attached hydrogens (tertiary/aromatic N) is 2. The van der Waals surface area contributed by atoms with Gasteiger partial charge in [0.1, 0.15) is 0 Å². The van der Waals surface area contributed by atoms with Gasteiger partial charge in [-0.3, -0.25) is 0 Å². The van der Waals surface area contributed by atoms with E-state index in [0.29, 0.717) is 24.5 Å². The van der Waals surface area contributed by atoms with Gasteiger partial charge in [-0.25, -0.2) is 13.4 Å². The summed E-state index contributed by atoms with van der Waals surface area (Å²) in [6, 6.07) is 11.2. The molecule has 6 nitrogen and oxygen atoms in total. The molecule has 0 bridgehead atoms. The summed E-state index contributed by atoms with van der Waals surface area (Å²) >= 11 is 1.71. The third-order valence-electron chi connectivity index (χ3n) is 4.40. The first-order valence-electron chi connectivity index (χ1n) is 9.23. The third-order valence-corrected chi connectivity index (χ3v) is 7.19. The van der Waals surface area contributed by atoms with Crippen molar-refractivity contribution in [3.63, 3.8) is 0 Å². The molecule has 2 N–H and O–H groups in total. The van der Waals surface area contributed by atoms with Crippen molar-refractivity contribution in [1.29, 1.82) is 0 Å². The Morgan fingerprint density at radius 3 is 2.52 bits per heavy atom. The molecular weight excluding hydrogens is 380 g/mol. The van der Waals surface area contributed by atoms with Gasteiger partial charge in [-0.1, -0.05) is 18.2 Å². The first-order valence-corrected chi connectivity index (χ1v) is 11.5. The third kappa shape index (κ3) is 5.31. The molecule has 1 aromatic heterocycles. The second-order valence-electron chi connectivity index (χ2n) is 6.38. The van der Waals surface area contributed by atoms with Crippen LogP contribution in [0.15, 0.2) is 51.7 Å². The first-order chi connectivity index (χ1) is 13.1. The van der Waals surface area contributed by atoms with E-state index >= 15 is 0 Å². The lowest BCUT2D eigenvalue weighted by Crippen LogP contribution is -2.36. The molecule has 3 rings (SSSR count). The fraction of sp³-hybridized carbons (Fsp3) is 0.421. The van der Waals surface area contributed by atoms with Crippen LogP contribution in [0.1, 0.15) is 30.2 Å². The zero-order valence-electron chi connectivity index (χ0n) is 15.5. The van der Waals surface area contributed by atoms with Gasteiger partial charge in [0.15, 0.2) is 5.96 Å². The molecule has 0 saturated carbocycles. The van der Waals surface area contributed by atoms with E-state index in [2.05, 4.69) is 27.1 Å². The van der Waals surface area contributed by atoms with Crippen LogP contribution in [-0.2, 0) is 23.1 Å². The van der Waals surface area contributed by atoms with Crippen molar-refractivity contribution >= 4 is 27.3 Å². The summed E-state index contributed by atoms with van der Waals surface area (Å²) < 4.78 is 26.7. The van der Waals surface area contributed by atoms with Crippen LogP contribution in [0.2, 0.25) is 0 Å². The van der Waals surface area contributed by atoms with E-state index in [1.54, 1.807) is 27.8 Å². The summed E-state index contributed by atoms with van der Waals surface area (Å²) in [5.41, 5.74) is 0.976. The molecule has 2 aromatic rings. The number of nitrogens with one attached hydrogen (secondary N) is 2. The van der Waals surface area contributed by atoms with Gasteiger partial charge in [0.25, 0.3) is 0 Å². The molecular formula is C19H26N4O2S2. The maximum atomic E-state index is 12.6. The van der Waals surface area contributed by atoms with Gasteiger partial charge in [-0.15, -0.1) is 11.3 Å². The molecule has 1 aliphatic rings. The normalized spacial score (nSPS) is 15.8. The fourth-order valence-electron chi connectivity index (χ4n) is 2.94. The standard InChI is InChI=1S/C19H26N4O2S2/c1-2-20-19(22-15-17-6-5-13-26-17)21-14-16-7-9-18(10-8-16)27(24,25)23-11-3-4-12-23/h5-10,13H,2-4,11-12,14-15H2,1H3,(H2,20,21,22). The van der Waals surface area contributed by atoms with Crippen molar-refractivity contribution in [3.05, 3.63) is 52.2 Å². The lowest BCUT2D eigenvalue weighted by molar-refractivity contribution is 0.477. The number of rotatable bonds is 7. The topological polar surface area (TPSA) is 73.8 Å². The smallest absolute Gasteiger partial charge is 0.243 e. The quantitative estimate of drug-likeness (QED) is 0.548. The maximum absolute atomic E-state index is 12.6. The fourth-order valence-corrected chi connectivity index (χ4v) is 5.10. The highest BCUT2D eigenvalue weighted by Crippen LogP contribution is 2.21. The summed E-state index contributed by atoms with van der Waals surface area (Å²) in [6.45, 7) is 5.27. The average molecular weight is 407 g/mol. The van der Waals surface area contributed by atoms with Gasteiger partial charge < -0.3 is 10.6 Å². The molecule has 0 radical (unpaired) electrons. The van der Waals surface area contributed by atoms with E-state index in [0.717, 1.165) is 37.5 Å². The molecule has 1 saturated heterocycles. The molecule has 0 unspecified atom stereocenters. The summed E-state index contributed by atoms with van der Waals surface area (Å²) in [7, 11) is -3.36.